The molecule has 10 heteroatoms. The fourth-order valence-corrected chi connectivity index (χ4v) is 4.76. The molecule has 2 fully saturated rings. The molecule has 0 aromatic heterocycles. The first-order chi connectivity index (χ1) is 14.1. The first kappa shape index (κ1) is 22.6. The van der Waals surface area contributed by atoms with Gasteiger partial charge in [-0.3, -0.25) is 4.79 Å². The van der Waals surface area contributed by atoms with Crippen molar-refractivity contribution in [2.45, 2.75) is 56.8 Å². The molecule has 3 rings (SSSR count). The lowest BCUT2D eigenvalue weighted by Crippen LogP contribution is -2.70. The van der Waals surface area contributed by atoms with E-state index in [1.807, 2.05) is 5.32 Å². The second-order valence-electron chi connectivity index (χ2n) is 7.80. The van der Waals surface area contributed by atoms with Crippen LogP contribution >= 0.6 is 15.9 Å². The molecule has 3 atom stereocenters. The Morgan fingerprint density at radius 1 is 1.23 bits per heavy atom. The minimum atomic E-state index is -4.68. The van der Waals surface area contributed by atoms with Crippen LogP contribution in [0, 0.1) is 11.8 Å². The van der Waals surface area contributed by atoms with E-state index in [1.54, 1.807) is 24.3 Å². The van der Waals surface area contributed by atoms with E-state index in [-0.39, 0.29) is 6.42 Å². The number of likely N-dealkylation sites (tertiary alicyclic amines) is 1. The number of carbonyl (C=O) groups is 3. The summed E-state index contributed by atoms with van der Waals surface area (Å²) in [5, 5.41) is 11.4. The zero-order valence-electron chi connectivity index (χ0n) is 16.0. The van der Waals surface area contributed by atoms with Crippen LogP contribution in [-0.2, 0) is 16.0 Å². The van der Waals surface area contributed by atoms with Crippen LogP contribution in [0.3, 0.4) is 0 Å². The number of imide groups is 1. The van der Waals surface area contributed by atoms with Crippen molar-refractivity contribution in [1.82, 2.24) is 10.2 Å². The smallest absolute Gasteiger partial charge is 0.408 e. The van der Waals surface area contributed by atoms with Crippen molar-refractivity contribution in [3.63, 3.8) is 0 Å². The topological polar surface area (TPSA) is 86.7 Å². The lowest BCUT2D eigenvalue weighted by atomic mass is 9.82. The predicted octanol–water partition coefficient (Wildman–Crippen LogP) is 4.12. The largest absolute Gasteiger partial charge is 0.480 e. The molecule has 0 spiro atoms. The third-order valence-electron chi connectivity index (χ3n) is 5.78. The SMILES string of the molecule is O=C(O)C1C(Cc2cccc(Br)c2)C(=O)N1C(=O)NC(C1CCCCC1)C(F)(F)F. The molecular formula is C20H22BrF3N2O4. The summed E-state index contributed by atoms with van der Waals surface area (Å²) in [5.74, 6) is -4.00. The molecule has 1 aromatic rings. The number of carboxylic acids is 1. The quantitative estimate of drug-likeness (QED) is 0.607. The number of nitrogens with one attached hydrogen (secondary N) is 1. The van der Waals surface area contributed by atoms with Crippen LogP contribution < -0.4 is 5.32 Å². The van der Waals surface area contributed by atoms with E-state index in [0.717, 1.165) is 10.9 Å². The molecule has 3 unspecified atom stereocenters. The van der Waals surface area contributed by atoms with Crippen molar-refractivity contribution in [3.8, 4) is 0 Å². The van der Waals surface area contributed by atoms with Crippen LogP contribution in [0.25, 0.3) is 0 Å². The van der Waals surface area contributed by atoms with Gasteiger partial charge in [-0.25, -0.2) is 14.5 Å². The van der Waals surface area contributed by atoms with Crippen molar-refractivity contribution in [3.05, 3.63) is 34.3 Å². The maximum absolute atomic E-state index is 13.6. The molecule has 6 nitrogen and oxygen atoms in total. The predicted molar refractivity (Wildman–Crippen MR) is 105 cm³/mol. The van der Waals surface area contributed by atoms with Gasteiger partial charge in [-0.1, -0.05) is 47.3 Å². The summed E-state index contributed by atoms with van der Waals surface area (Å²) in [6.45, 7) is 0. The average molecular weight is 491 g/mol. The van der Waals surface area contributed by atoms with E-state index in [4.69, 9.17) is 0 Å². The standard InChI is InChI=1S/C20H22BrF3N2O4/c21-13-8-4-5-11(9-13)10-14-15(18(28)29)26(17(14)27)19(30)25-16(20(22,23)24)12-6-2-1-3-7-12/h4-5,8-9,12,14-16H,1-3,6-7,10H2,(H,25,30)(H,28,29). The number of nitrogens with zero attached hydrogens (tertiary/aromatic N) is 1. The van der Waals surface area contributed by atoms with Crippen molar-refractivity contribution in [2.75, 3.05) is 0 Å². The second kappa shape index (κ2) is 8.95. The third-order valence-corrected chi connectivity index (χ3v) is 6.28. The summed E-state index contributed by atoms with van der Waals surface area (Å²) in [5.41, 5.74) is 0.685. The molecule has 1 aromatic carbocycles. The summed E-state index contributed by atoms with van der Waals surface area (Å²) < 4.78 is 41.4. The molecule has 1 saturated carbocycles. The van der Waals surface area contributed by atoms with Gasteiger partial charge in [0.2, 0.25) is 5.91 Å². The molecule has 30 heavy (non-hydrogen) atoms. The van der Waals surface area contributed by atoms with E-state index in [1.165, 1.54) is 0 Å². The fourth-order valence-electron chi connectivity index (χ4n) is 4.31. The van der Waals surface area contributed by atoms with E-state index in [9.17, 15) is 32.7 Å². The maximum Gasteiger partial charge on any atom is 0.408 e. The van der Waals surface area contributed by atoms with E-state index < -0.39 is 48.0 Å². The Morgan fingerprint density at radius 3 is 2.47 bits per heavy atom. The van der Waals surface area contributed by atoms with Gasteiger partial charge in [-0.05, 0) is 42.9 Å². The number of carbonyl (C=O) groups excluding carboxylic acids is 2. The molecule has 1 heterocycles. The third kappa shape index (κ3) is 4.79. The molecule has 2 N–H and O–H groups in total. The van der Waals surface area contributed by atoms with Crippen molar-refractivity contribution in [1.29, 1.82) is 0 Å². The van der Waals surface area contributed by atoms with Crippen LogP contribution in [0.15, 0.2) is 28.7 Å². The Balaban J connectivity index is 1.74. The highest BCUT2D eigenvalue weighted by Crippen LogP contribution is 2.36. The summed E-state index contributed by atoms with van der Waals surface area (Å²) >= 11 is 3.29. The number of β-lactam (4-membered cyclic amide) rings is 1. The van der Waals surface area contributed by atoms with Crippen LogP contribution in [0.5, 0.6) is 0 Å². The van der Waals surface area contributed by atoms with Gasteiger partial charge in [0, 0.05) is 4.47 Å². The van der Waals surface area contributed by atoms with E-state index in [2.05, 4.69) is 15.9 Å². The Kier molecular flexibility index (Phi) is 6.74. The van der Waals surface area contributed by atoms with E-state index in [0.29, 0.717) is 36.1 Å². The zero-order chi connectivity index (χ0) is 22.1. The van der Waals surface area contributed by atoms with Gasteiger partial charge >= 0.3 is 18.2 Å². The Labute approximate surface area is 179 Å². The number of aliphatic carboxylic acids is 1. The first-order valence-electron chi connectivity index (χ1n) is 9.77. The van der Waals surface area contributed by atoms with Crippen LogP contribution in [-0.4, -0.2) is 46.2 Å². The minimum absolute atomic E-state index is 0.0738. The summed E-state index contributed by atoms with van der Waals surface area (Å²) in [6.07, 6.45) is -1.83. The van der Waals surface area contributed by atoms with Gasteiger partial charge in [-0.2, -0.15) is 13.2 Å². The molecule has 1 aliphatic heterocycles. The maximum atomic E-state index is 13.6. The van der Waals surface area contributed by atoms with Gasteiger partial charge in [0.15, 0.2) is 6.04 Å². The summed E-state index contributed by atoms with van der Waals surface area (Å²) in [4.78, 5) is 37.1. The highest BCUT2D eigenvalue weighted by Gasteiger charge is 2.56. The number of urea groups is 1. The minimum Gasteiger partial charge on any atom is -0.480 e. The van der Waals surface area contributed by atoms with Crippen molar-refractivity contribution in [2.24, 2.45) is 11.8 Å². The number of benzene rings is 1. The number of alkyl halides is 3. The van der Waals surface area contributed by atoms with Crippen LogP contribution in [0.4, 0.5) is 18.0 Å². The first-order valence-corrected chi connectivity index (χ1v) is 10.6. The molecular weight excluding hydrogens is 469 g/mol. The fraction of sp³-hybridized carbons (Fsp3) is 0.550. The van der Waals surface area contributed by atoms with E-state index >= 15 is 0 Å². The zero-order valence-corrected chi connectivity index (χ0v) is 17.6. The Morgan fingerprint density at radius 2 is 1.90 bits per heavy atom. The molecule has 0 radical (unpaired) electrons. The van der Waals surface area contributed by atoms with Gasteiger partial charge in [0.25, 0.3) is 0 Å². The molecule has 1 aliphatic carbocycles. The highest BCUT2D eigenvalue weighted by atomic mass is 79.9. The molecule has 0 bridgehead atoms. The number of carboxylic acid groups (broad SMARTS) is 1. The van der Waals surface area contributed by atoms with Crippen molar-refractivity contribution < 1.29 is 32.7 Å². The lowest BCUT2D eigenvalue weighted by Gasteiger charge is -2.44. The molecule has 3 amide bonds. The van der Waals surface area contributed by atoms with Crippen LogP contribution in [0.2, 0.25) is 0 Å². The van der Waals surface area contributed by atoms with Crippen molar-refractivity contribution >= 4 is 33.8 Å². The summed E-state index contributed by atoms with van der Waals surface area (Å²) in [6, 6.07) is 2.02. The number of hydrogen-bond acceptors (Lipinski definition) is 3. The Bertz CT molecular complexity index is 827. The molecule has 2 aliphatic rings. The van der Waals surface area contributed by atoms with Gasteiger partial charge in [0.05, 0.1) is 5.92 Å². The number of rotatable bonds is 5. The van der Waals surface area contributed by atoms with Crippen LogP contribution in [0.1, 0.15) is 37.7 Å². The molecule has 164 valence electrons. The highest BCUT2D eigenvalue weighted by molar-refractivity contribution is 9.10. The molecule has 1 saturated heterocycles. The lowest BCUT2D eigenvalue weighted by molar-refractivity contribution is -0.172. The van der Waals surface area contributed by atoms with Gasteiger partial charge < -0.3 is 10.4 Å². The van der Waals surface area contributed by atoms with Gasteiger partial charge in [-0.15, -0.1) is 0 Å². The number of hydrogen-bond donors (Lipinski definition) is 2. The Hall–Kier alpha value is -2.10. The second-order valence-corrected chi connectivity index (χ2v) is 8.71. The summed E-state index contributed by atoms with van der Waals surface area (Å²) in [7, 11) is 0. The van der Waals surface area contributed by atoms with Gasteiger partial charge in [0.1, 0.15) is 6.04 Å². The normalized spacial score (nSPS) is 23.6. The number of amides is 3. The average Bonchev–Trinajstić information content (AvgIpc) is 2.67. The monoisotopic (exact) mass is 490 g/mol. The number of halogens is 4.